The summed E-state index contributed by atoms with van der Waals surface area (Å²) in [6, 6.07) is 13.1. The maximum Gasteiger partial charge on any atom is 0.152 e. The average Bonchev–Trinajstić information content (AvgIpc) is 3.35. The third kappa shape index (κ3) is 4.35. The average molecular weight is 380 g/mol. The van der Waals surface area contributed by atoms with E-state index < -0.39 is 0 Å². The molecule has 2 N–H and O–H groups in total. The number of H-pyrrole nitrogens is 1. The normalized spacial score (nSPS) is 16.4. The molecule has 6 heteroatoms. The van der Waals surface area contributed by atoms with Crippen molar-refractivity contribution >= 4 is 0 Å². The predicted molar refractivity (Wildman–Crippen MR) is 109 cm³/mol. The molecule has 0 bridgehead atoms. The van der Waals surface area contributed by atoms with Crippen LogP contribution in [0.2, 0.25) is 0 Å². The van der Waals surface area contributed by atoms with Crippen LogP contribution in [0.25, 0.3) is 11.5 Å². The summed E-state index contributed by atoms with van der Waals surface area (Å²) in [5.74, 6) is 1.73. The highest BCUT2D eigenvalue weighted by Crippen LogP contribution is 2.25. The van der Waals surface area contributed by atoms with E-state index in [2.05, 4.69) is 51.6 Å². The molecule has 1 atom stereocenters. The van der Waals surface area contributed by atoms with Crippen LogP contribution in [0, 0.1) is 13.8 Å². The van der Waals surface area contributed by atoms with Crippen LogP contribution in [0.15, 0.2) is 47.0 Å². The molecule has 1 aliphatic heterocycles. The van der Waals surface area contributed by atoms with E-state index in [9.17, 15) is 0 Å². The molecule has 3 aromatic rings. The highest BCUT2D eigenvalue weighted by molar-refractivity contribution is 5.56. The van der Waals surface area contributed by atoms with Gasteiger partial charge in [0.05, 0.1) is 19.4 Å². The van der Waals surface area contributed by atoms with Gasteiger partial charge in [-0.25, -0.2) is 0 Å². The summed E-state index contributed by atoms with van der Waals surface area (Å²) in [5.41, 5.74) is 4.68. The quantitative estimate of drug-likeness (QED) is 0.657. The van der Waals surface area contributed by atoms with Crippen molar-refractivity contribution in [1.29, 1.82) is 0 Å². The molecule has 2 aromatic heterocycles. The molecule has 28 heavy (non-hydrogen) atoms. The molecule has 0 amide bonds. The van der Waals surface area contributed by atoms with Gasteiger partial charge in [0.25, 0.3) is 0 Å². The molecule has 1 aromatic carbocycles. The topological polar surface area (TPSA) is 66.3 Å². The largest absolute Gasteiger partial charge is 0.460 e. The van der Waals surface area contributed by atoms with Crippen LogP contribution in [-0.2, 0) is 11.3 Å². The zero-order valence-electron chi connectivity index (χ0n) is 16.6. The smallest absolute Gasteiger partial charge is 0.152 e. The minimum atomic E-state index is 0.325. The van der Waals surface area contributed by atoms with Crippen molar-refractivity contribution in [3.05, 3.63) is 65.0 Å². The van der Waals surface area contributed by atoms with Gasteiger partial charge in [0.1, 0.15) is 11.5 Å². The molecular weight excluding hydrogens is 352 g/mol. The Morgan fingerprint density at radius 3 is 2.61 bits per heavy atom. The lowest BCUT2D eigenvalue weighted by atomic mass is 10.0. The Kier molecular flexibility index (Phi) is 5.90. The van der Waals surface area contributed by atoms with Gasteiger partial charge in [0, 0.05) is 37.8 Å². The van der Waals surface area contributed by atoms with Gasteiger partial charge in [-0.1, -0.05) is 29.8 Å². The van der Waals surface area contributed by atoms with Gasteiger partial charge >= 0.3 is 0 Å². The number of aromatic nitrogens is 2. The maximum absolute atomic E-state index is 5.75. The summed E-state index contributed by atoms with van der Waals surface area (Å²) in [6.07, 6.45) is 1.87. The first-order valence-corrected chi connectivity index (χ1v) is 9.89. The van der Waals surface area contributed by atoms with E-state index >= 15 is 0 Å². The van der Waals surface area contributed by atoms with Crippen LogP contribution < -0.4 is 5.32 Å². The second-order valence-corrected chi connectivity index (χ2v) is 7.39. The fraction of sp³-hybridized carbons (Fsp3) is 0.409. The maximum atomic E-state index is 5.75. The number of aryl methyl sites for hydroxylation is 2. The van der Waals surface area contributed by atoms with Crippen molar-refractivity contribution in [2.24, 2.45) is 0 Å². The summed E-state index contributed by atoms with van der Waals surface area (Å²) in [7, 11) is 0. The van der Waals surface area contributed by atoms with Gasteiger partial charge in [-0.05, 0) is 31.5 Å². The molecule has 3 heterocycles. The van der Waals surface area contributed by atoms with Gasteiger partial charge in [-0.2, -0.15) is 5.10 Å². The van der Waals surface area contributed by atoms with E-state index in [0.29, 0.717) is 6.04 Å². The Bertz CT molecular complexity index is 878. The molecule has 0 saturated carbocycles. The van der Waals surface area contributed by atoms with Crippen molar-refractivity contribution < 1.29 is 9.15 Å². The molecule has 4 rings (SSSR count). The van der Waals surface area contributed by atoms with E-state index in [1.165, 1.54) is 11.1 Å². The van der Waals surface area contributed by atoms with Crippen LogP contribution in [0.5, 0.6) is 0 Å². The minimum absolute atomic E-state index is 0.325. The zero-order valence-corrected chi connectivity index (χ0v) is 16.6. The number of benzene rings is 1. The van der Waals surface area contributed by atoms with E-state index in [-0.39, 0.29) is 0 Å². The van der Waals surface area contributed by atoms with Crippen LogP contribution in [0.4, 0.5) is 0 Å². The van der Waals surface area contributed by atoms with Crippen LogP contribution >= 0.6 is 0 Å². The number of furan rings is 1. The van der Waals surface area contributed by atoms with Crippen molar-refractivity contribution in [3.8, 4) is 11.5 Å². The number of nitrogens with one attached hydrogen (secondary N) is 2. The number of nitrogens with zero attached hydrogens (tertiary/aromatic N) is 2. The Morgan fingerprint density at radius 1 is 1.11 bits per heavy atom. The van der Waals surface area contributed by atoms with E-state index in [1.54, 1.807) is 0 Å². The molecule has 0 spiro atoms. The molecule has 1 saturated heterocycles. The summed E-state index contributed by atoms with van der Waals surface area (Å²) in [6.45, 7) is 9.20. The van der Waals surface area contributed by atoms with Gasteiger partial charge in [0.2, 0.25) is 0 Å². The Balaban J connectivity index is 1.45. The summed E-state index contributed by atoms with van der Waals surface area (Å²) in [5, 5.41) is 10.9. The Hall–Kier alpha value is -2.41. The lowest BCUT2D eigenvalue weighted by Crippen LogP contribution is -2.42. The minimum Gasteiger partial charge on any atom is -0.460 e. The highest BCUT2D eigenvalue weighted by atomic mass is 16.5. The third-order valence-corrected chi connectivity index (χ3v) is 5.31. The van der Waals surface area contributed by atoms with Gasteiger partial charge in [0.15, 0.2) is 5.76 Å². The SMILES string of the molecule is Cc1ccc(C(CNCc2cn[nH]c2-c2ccc(C)o2)N2CCOCC2)cc1. The molecule has 1 fully saturated rings. The molecular formula is C22H28N4O2. The van der Waals surface area contributed by atoms with E-state index in [0.717, 1.165) is 62.2 Å². The first-order valence-electron chi connectivity index (χ1n) is 9.89. The van der Waals surface area contributed by atoms with Crippen molar-refractivity contribution in [1.82, 2.24) is 20.4 Å². The number of morpholine rings is 1. The van der Waals surface area contributed by atoms with Crippen molar-refractivity contribution in [2.45, 2.75) is 26.4 Å². The number of rotatable bonds is 7. The number of hydrogen-bond donors (Lipinski definition) is 2. The lowest BCUT2D eigenvalue weighted by molar-refractivity contribution is 0.0161. The monoisotopic (exact) mass is 380 g/mol. The third-order valence-electron chi connectivity index (χ3n) is 5.31. The second-order valence-electron chi connectivity index (χ2n) is 7.39. The van der Waals surface area contributed by atoms with Gasteiger partial charge in [-0.15, -0.1) is 0 Å². The van der Waals surface area contributed by atoms with Crippen molar-refractivity contribution in [2.75, 3.05) is 32.8 Å². The molecule has 6 nitrogen and oxygen atoms in total. The zero-order chi connectivity index (χ0) is 19.3. The first-order chi connectivity index (χ1) is 13.7. The number of aromatic amines is 1. The summed E-state index contributed by atoms with van der Waals surface area (Å²) >= 11 is 0. The molecule has 0 radical (unpaired) electrons. The van der Waals surface area contributed by atoms with Gasteiger partial charge in [-0.3, -0.25) is 10.00 Å². The summed E-state index contributed by atoms with van der Waals surface area (Å²) < 4.78 is 11.3. The molecule has 0 aliphatic carbocycles. The standard InChI is InChI=1S/C22H28N4O2/c1-16-3-6-18(7-4-16)20(26-9-11-27-12-10-26)15-23-13-19-14-24-25-22(19)21-8-5-17(2)28-21/h3-8,14,20,23H,9-13,15H2,1-2H3,(H,24,25). The van der Waals surface area contributed by atoms with E-state index in [1.807, 2.05) is 25.3 Å². The number of hydrogen-bond acceptors (Lipinski definition) is 5. The first kappa shape index (κ1) is 18.9. The lowest BCUT2D eigenvalue weighted by Gasteiger charge is -2.35. The number of ether oxygens (including phenoxy) is 1. The van der Waals surface area contributed by atoms with E-state index in [4.69, 9.17) is 9.15 Å². The fourth-order valence-corrected chi connectivity index (χ4v) is 3.71. The second kappa shape index (κ2) is 8.73. The summed E-state index contributed by atoms with van der Waals surface area (Å²) in [4.78, 5) is 2.51. The van der Waals surface area contributed by atoms with Crippen LogP contribution in [0.3, 0.4) is 0 Å². The highest BCUT2D eigenvalue weighted by Gasteiger charge is 2.22. The Morgan fingerprint density at radius 2 is 1.89 bits per heavy atom. The predicted octanol–water partition coefficient (Wildman–Crippen LogP) is 3.45. The van der Waals surface area contributed by atoms with Crippen molar-refractivity contribution in [3.63, 3.8) is 0 Å². The molecule has 148 valence electrons. The molecule has 1 aliphatic rings. The fourth-order valence-electron chi connectivity index (χ4n) is 3.71. The van der Waals surface area contributed by atoms with Gasteiger partial charge < -0.3 is 14.5 Å². The van der Waals surface area contributed by atoms with Crippen LogP contribution in [0.1, 0.15) is 28.5 Å². The Labute approximate surface area is 165 Å². The van der Waals surface area contributed by atoms with Crippen LogP contribution in [-0.4, -0.2) is 47.9 Å². The molecule has 1 unspecified atom stereocenters.